The molecular weight excluding hydrogens is 378 g/mol. The summed E-state index contributed by atoms with van der Waals surface area (Å²) in [6.07, 6.45) is 2.18. The summed E-state index contributed by atoms with van der Waals surface area (Å²) in [6, 6.07) is 8.02. The van der Waals surface area contributed by atoms with Gasteiger partial charge < -0.3 is 9.42 Å². The zero-order valence-electron chi connectivity index (χ0n) is 16.4. The third-order valence-corrected chi connectivity index (χ3v) is 7.85. The number of hydrogen-bond donors (Lipinski definition) is 0. The number of nitrogens with zero attached hydrogens (tertiary/aromatic N) is 3. The molecule has 2 aromatic rings. The molecule has 0 radical (unpaired) electrons. The lowest BCUT2D eigenvalue weighted by molar-refractivity contribution is -0.123. The van der Waals surface area contributed by atoms with Crippen molar-refractivity contribution in [3.8, 4) is 0 Å². The average Bonchev–Trinajstić information content (AvgIpc) is 3.19. The highest BCUT2D eigenvalue weighted by molar-refractivity contribution is 7.89. The summed E-state index contributed by atoms with van der Waals surface area (Å²) < 4.78 is 32.8. The number of hydrogen-bond acceptors (Lipinski definition) is 5. The van der Waals surface area contributed by atoms with Gasteiger partial charge in [-0.25, -0.2) is 8.42 Å². The first-order valence-electron chi connectivity index (χ1n) is 9.64. The van der Waals surface area contributed by atoms with Crippen molar-refractivity contribution in [2.45, 2.75) is 51.0 Å². The number of amides is 1. The quantitative estimate of drug-likeness (QED) is 0.787. The number of fused-ring (bicyclic) bond motifs is 1. The van der Waals surface area contributed by atoms with Crippen LogP contribution in [0.2, 0.25) is 0 Å². The summed E-state index contributed by atoms with van der Waals surface area (Å²) in [6.45, 7) is 5.86. The van der Waals surface area contributed by atoms with E-state index in [9.17, 15) is 13.2 Å². The molecule has 0 N–H and O–H groups in total. The van der Waals surface area contributed by atoms with E-state index in [0.29, 0.717) is 25.1 Å². The molecule has 1 amide bonds. The van der Waals surface area contributed by atoms with Gasteiger partial charge in [-0.1, -0.05) is 23.4 Å². The van der Waals surface area contributed by atoms with Crippen LogP contribution in [0, 0.1) is 19.8 Å². The lowest BCUT2D eigenvalue weighted by atomic mass is 9.97. The third kappa shape index (κ3) is 3.04. The van der Waals surface area contributed by atoms with Crippen molar-refractivity contribution >= 4 is 21.6 Å². The normalized spacial score (nSPS) is 23.0. The maximum atomic E-state index is 13.3. The number of sulfonamides is 1. The number of carbonyl (C=O) groups excluding carboxylic acids is 1. The summed E-state index contributed by atoms with van der Waals surface area (Å²) in [5.41, 5.74) is 2.47. The summed E-state index contributed by atoms with van der Waals surface area (Å²) in [7, 11) is -3.74. The van der Waals surface area contributed by atoms with Crippen LogP contribution in [-0.2, 0) is 21.2 Å². The predicted octanol–water partition coefficient (Wildman–Crippen LogP) is 2.67. The first-order chi connectivity index (χ1) is 13.3. The van der Waals surface area contributed by atoms with Crippen LogP contribution in [0.5, 0.6) is 0 Å². The molecule has 2 aliphatic heterocycles. The lowest BCUT2D eigenvalue weighted by Crippen LogP contribution is -2.48. The molecule has 0 spiro atoms. The minimum Gasteiger partial charge on any atom is -0.360 e. The monoisotopic (exact) mass is 403 g/mol. The molecule has 2 atom stereocenters. The third-order valence-electron chi connectivity index (χ3n) is 5.74. The Hall–Kier alpha value is -2.19. The molecule has 8 heteroatoms. The van der Waals surface area contributed by atoms with Gasteiger partial charge in [-0.15, -0.1) is 0 Å². The van der Waals surface area contributed by atoms with Gasteiger partial charge in [0.05, 0.1) is 5.92 Å². The fourth-order valence-electron chi connectivity index (χ4n) is 4.43. The summed E-state index contributed by atoms with van der Waals surface area (Å²) >= 11 is 0. The van der Waals surface area contributed by atoms with Crippen molar-refractivity contribution in [1.29, 1.82) is 0 Å². The van der Waals surface area contributed by atoms with Crippen LogP contribution in [0.1, 0.15) is 36.8 Å². The summed E-state index contributed by atoms with van der Waals surface area (Å²) in [4.78, 5) is 15.3. The number of benzene rings is 1. The maximum Gasteiger partial charge on any atom is 0.248 e. The zero-order chi connectivity index (χ0) is 20.1. The predicted molar refractivity (Wildman–Crippen MR) is 105 cm³/mol. The molecular formula is C20H25N3O4S. The molecule has 1 fully saturated rings. The van der Waals surface area contributed by atoms with Crippen LogP contribution < -0.4 is 4.90 Å². The first kappa shape index (κ1) is 19.1. The Morgan fingerprint density at radius 2 is 2.00 bits per heavy atom. The Morgan fingerprint density at radius 1 is 1.25 bits per heavy atom. The Morgan fingerprint density at radius 3 is 2.71 bits per heavy atom. The van der Waals surface area contributed by atoms with Gasteiger partial charge in [-0.05, 0) is 51.7 Å². The molecule has 0 aliphatic carbocycles. The van der Waals surface area contributed by atoms with Gasteiger partial charge in [-0.3, -0.25) is 4.79 Å². The molecule has 28 heavy (non-hydrogen) atoms. The lowest BCUT2D eigenvalue weighted by Gasteiger charge is -2.34. The molecule has 7 nitrogen and oxygen atoms in total. The van der Waals surface area contributed by atoms with Crippen LogP contribution in [0.25, 0.3) is 0 Å². The highest BCUT2D eigenvalue weighted by Crippen LogP contribution is 2.35. The number of rotatable bonds is 3. The SMILES string of the molecule is Cc1noc(C)c1S(=O)(=O)N1CCC[C@@H](C(=O)N2c3ccccc3C[C@H]2C)C1. The van der Waals surface area contributed by atoms with Gasteiger partial charge in [0, 0.05) is 24.8 Å². The van der Waals surface area contributed by atoms with Gasteiger partial charge in [0.2, 0.25) is 15.9 Å². The van der Waals surface area contributed by atoms with Crippen LogP contribution in [0.15, 0.2) is 33.7 Å². The van der Waals surface area contributed by atoms with E-state index < -0.39 is 10.0 Å². The van der Waals surface area contributed by atoms with E-state index >= 15 is 0 Å². The second kappa shape index (κ2) is 7.00. The number of aryl methyl sites for hydroxylation is 2. The molecule has 1 aromatic heterocycles. The van der Waals surface area contributed by atoms with Crippen LogP contribution in [-0.4, -0.2) is 42.9 Å². The second-order valence-corrected chi connectivity index (χ2v) is 9.62. The van der Waals surface area contributed by atoms with Crippen molar-refractivity contribution in [2.75, 3.05) is 18.0 Å². The second-order valence-electron chi connectivity index (χ2n) is 7.75. The van der Waals surface area contributed by atoms with Gasteiger partial charge in [-0.2, -0.15) is 4.31 Å². The number of anilines is 1. The first-order valence-corrected chi connectivity index (χ1v) is 11.1. The topological polar surface area (TPSA) is 83.7 Å². The number of aromatic nitrogens is 1. The van der Waals surface area contributed by atoms with Gasteiger partial charge in [0.1, 0.15) is 10.6 Å². The van der Waals surface area contributed by atoms with Crippen molar-refractivity contribution in [2.24, 2.45) is 5.92 Å². The van der Waals surface area contributed by atoms with E-state index in [-0.39, 0.29) is 35.1 Å². The minimum atomic E-state index is -3.74. The fourth-order valence-corrected chi connectivity index (χ4v) is 6.25. The molecule has 2 aliphatic rings. The maximum absolute atomic E-state index is 13.3. The molecule has 1 aromatic carbocycles. The van der Waals surface area contributed by atoms with Crippen molar-refractivity contribution in [3.05, 3.63) is 41.3 Å². The van der Waals surface area contributed by atoms with Gasteiger partial charge >= 0.3 is 0 Å². The molecule has 150 valence electrons. The molecule has 0 unspecified atom stereocenters. The minimum absolute atomic E-state index is 0.0103. The summed E-state index contributed by atoms with van der Waals surface area (Å²) in [5, 5.41) is 3.77. The fraction of sp³-hybridized carbons (Fsp3) is 0.500. The van der Waals surface area contributed by atoms with E-state index in [2.05, 4.69) is 5.16 Å². The van der Waals surface area contributed by atoms with E-state index in [1.165, 1.54) is 9.87 Å². The van der Waals surface area contributed by atoms with E-state index in [0.717, 1.165) is 12.1 Å². The van der Waals surface area contributed by atoms with Crippen molar-refractivity contribution in [3.63, 3.8) is 0 Å². The van der Waals surface area contributed by atoms with E-state index in [1.54, 1.807) is 13.8 Å². The molecule has 4 rings (SSSR count). The smallest absolute Gasteiger partial charge is 0.248 e. The Labute approximate surface area is 165 Å². The molecule has 0 bridgehead atoms. The Kier molecular flexibility index (Phi) is 4.79. The van der Waals surface area contributed by atoms with Gasteiger partial charge in [0.25, 0.3) is 0 Å². The molecule has 1 saturated heterocycles. The zero-order valence-corrected chi connectivity index (χ0v) is 17.2. The summed E-state index contributed by atoms with van der Waals surface area (Å²) in [5.74, 6) is -0.0539. The Balaban J connectivity index is 1.59. The largest absolute Gasteiger partial charge is 0.360 e. The highest BCUT2D eigenvalue weighted by Gasteiger charge is 2.40. The average molecular weight is 404 g/mol. The van der Waals surface area contributed by atoms with Gasteiger partial charge in [0.15, 0.2) is 5.76 Å². The molecule has 0 saturated carbocycles. The van der Waals surface area contributed by atoms with Crippen LogP contribution in [0.3, 0.4) is 0 Å². The van der Waals surface area contributed by atoms with Crippen LogP contribution >= 0.6 is 0 Å². The van der Waals surface area contributed by atoms with Crippen molar-refractivity contribution < 1.29 is 17.7 Å². The molecule has 3 heterocycles. The number of carbonyl (C=O) groups is 1. The number of para-hydroxylation sites is 1. The Bertz CT molecular complexity index is 995. The van der Waals surface area contributed by atoms with Crippen molar-refractivity contribution in [1.82, 2.24) is 9.46 Å². The number of piperidine rings is 1. The van der Waals surface area contributed by atoms with Crippen LogP contribution in [0.4, 0.5) is 5.69 Å². The van der Waals surface area contributed by atoms with E-state index in [1.807, 2.05) is 36.1 Å². The standard InChI is InChI=1S/C20H25N3O4S/c1-13-11-16-7-4-5-9-18(16)23(13)20(24)17-8-6-10-22(12-17)28(25,26)19-14(2)21-27-15(19)3/h4-5,7,9,13,17H,6,8,10-12H2,1-3H3/t13-,17-/m1/s1. The van der Waals surface area contributed by atoms with E-state index in [4.69, 9.17) is 4.52 Å². The highest BCUT2D eigenvalue weighted by atomic mass is 32.2.